The second-order valence-electron chi connectivity index (χ2n) is 4.48. The van der Waals surface area contributed by atoms with Crippen LogP contribution >= 0.6 is 0 Å². The van der Waals surface area contributed by atoms with Gasteiger partial charge in [-0.2, -0.15) is 10.1 Å². The van der Waals surface area contributed by atoms with Gasteiger partial charge in [-0.15, -0.1) is 0 Å². The second-order valence-corrected chi connectivity index (χ2v) is 4.48. The molecule has 1 N–H and O–H groups in total. The number of ether oxygens (including phenoxy) is 1. The number of hydrogen-bond acceptors (Lipinski definition) is 7. The fourth-order valence-electron chi connectivity index (χ4n) is 1.61. The lowest BCUT2D eigenvalue weighted by atomic mass is 9.99. The molecule has 120 valence electrons. The SMILES string of the molecule is CCCCOOOC(OC(=O)OO)C(CC)CCCC. The van der Waals surface area contributed by atoms with Gasteiger partial charge >= 0.3 is 6.16 Å². The minimum Gasteiger partial charge on any atom is -0.399 e. The molecule has 0 saturated carbocycles. The van der Waals surface area contributed by atoms with Crippen LogP contribution in [0.4, 0.5) is 4.79 Å². The molecule has 0 bridgehead atoms. The van der Waals surface area contributed by atoms with E-state index < -0.39 is 12.4 Å². The van der Waals surface area contributed by atoms with Gasteiger partial charge in [-0.3, -0.25) is 4.89 Å². The van der Waals surface area contributed by atoms with Crippen molar-refractivity contribution >= 4 is 6.16 Å². The monoisotopic (exact) mass is 294 g/mol. The molecular formula is C13H26O7. The topological polar surface area (TPSA) is 83.5 Å². The van der Waals surface area contributed by atoms with Gasteiger partial charge in [-0.1, -0.05) is 45.1 Å². The third-order valence-corrected chi connectivity index (χ3v) is 2.89. The van der Waals surface area contributed by atoms with Crippen molar-refractivity contribution < 1.29 is 34.5 Å². The molecule has 0 amide bonds. The van der Waals surface area contributed by atoms with Gasteiger partial charge in [0.2, 0.25) is 6.29 Å². The molecule has 0 fully saturated rings. The maximum atomic E-state index is 11.0. The Morgan fingerprint density at radius 3 is 2.40 bits per heavy atom. The first-order valence-corrected chi connectivity index (χ1v) is 7.16. The average molecular weight is 294 g/mol. The largest absolute Gasteiger partial charge is 0.542 e. The summed E-state index contributed by atoms with van der Waals surface area (Å²) in [6.45, 7) is 6.42. The Bertz CT molecular complexity index is 235. The Kier molecular flexibility index (Phi) is 12.5. The highest BCUT2D eigenvalue weighted by molar-refractivity contribution is 5.58. The summed E-state index contributed by atoms with van der Waals surface area (Å²) in [4.78, 5) is 24.2. The van der Waals surface area contributed by atoms with Gasteiger partial charge in [0.15, 0.2) is 0 Å². The van der Waals surface area contributed by atoms with E-state index in [1.165, 1.54) is 0 Å². The zero-order chi connectivity index (χ0) is 15.2. The van der Waals surface area contributed by atoms with E-state index in [2.05, 4.69) is 16.8 Å². The van der Waals surface area contributed by atoms with Gasteiger partial charge in [0.25, 0.3) is 0 Å². The summed E-state index contributed by atoms with van der Waals surface area (Å²) in [5.74, 6) is -0.0659. The Hall–Kier alpha value is -0.890. The molecule has 0 aliphatic carbocycles. The van der Waals surface area contributed by atoms with Gasteiger partial charge in [0.1, 0.15) is 0 Å². The summed E-state index contributed by atoms with van der Waals surface area (Å²) in [7, 11) is 0. The van der Waals surface area contributed by atoms with Crippen LogP contribution in [0.25, 0.3) is 0 Å². The fraction of sp³-hybridized carbons (Fsp3) is 0.923. The summed E-state index contributed by atoms with van der Waals surface area (Å²) in [5, 5.41) is 12.8. The standard InChI is InChI=1S/C13H26O7/c1-4-7-9-11(6-3)12(17-13(14)18-15)19-20-16-10-8-5-2/h11-12,15H,4-10H2,1-3H3. The van der Waals surface area contributed by atoms with Crippen LogP contribution in [0.5, 0.6) is 0 Å². The highest BCUT2D eigenvalue weighted by atomic mass is 17.5. The van der Waals surface area contributed by atoms with Crippen molar-refractivity contribution in [2.45, 2.75) is 65.6 Å². The maximum Gasteiger partial charge on any atom is 0.542 e. The molecule has 7 heteroatoms. The van der Waals surface area contributed by atoms with Crippen LogP contribution in [-0.2, 0) is 24.4 Å². The summed E-state index contributed by atoms with van der Waals surface area (Å²) in [6.07, 6.45) is 3.09. The quantitative estimate of drug-likeness (QED) is 0.192. The summed E-state index contributed by atoms with van der Waals surface area (Å²) in [6, 6.07) is 0. The minimum absolute atomic E-state index is 0.0659. The molecule has 0 radical (unpaired) electrons. The Morgan fingerprint density at radius 1 is 1.15 bits per heavy atom. The number of hydrogen-bond donors (Lipinski definition) is 1. The van der Waals surface area contributed by atoms with E-state index in [-0.39, 0.29) is 5.92 Å². The lowest BCUT2D eigenvalue weighted by Crippen LogP contribution is -2.30. The van der Waals surface area contributed by atoms with E-state index in [1.54, 1.807) is 0 Å². The van der Waals surface area contributed by atoms with E-state index >= 15 is 0 Å². The van der Waals surface area contributed by atoms with Crippen molar-refractivity contribution in [2.75, 3.05) is 6.61 Å². The molecule has 0 heterocycles. The van der Waals surface area contributed by atoms with Gasteiger partial charge in [-0.05, 0) is 19.3 Å². The summed E-state index contributed by atoms with van der Waals surface area (Å²) in [5.41, 5.74) is 0. The van der Waals surface area contributed by atoms with E-state index in [0.717, 1.165) is 38.5 Å². The van der Waals surface area contributed by atoms with Gasteiger partial charge in [-0.25, -0.2) is 9.68 Å². The minimum atomic E-state index is -1.23. The molecule has 0 rings (SSSR count). The van der Waals surface area contributed by atoms with Crippen LogP contribution < -0.4 is 0 Å². The Labute approximate surface area is 119 Å². The third-order valence-electron chi connectivity index (χ3n) is 2.89. The average Bonchev–Trinajstić information content (AvgIpc) is 2.47. The number of unbranched alkanes of at least 4 members (excludes halogenated alkanes) is 2. The molecule has 0 aromatic heterocycles. The van der Waals surface area contributed by atoms with Crippen molar-refractivity contribution in [1.82, 2.24) is 0 Å². The Morgan fingerprint density at radius 2 is 1.85 bits per heavy atom. The highest BCUT2D eigenvalue weighted by Gasteiger charge is 2.27. The maximum absolute atomic E-state index is 11.0. The lowest BCUT2D eigenvalue weighted by molar-refractivity contribution is -0.549. The van der Waals surface area contributed by atoms with Gasteiger partial charge in [0.05, 0.1) is 6.61 Å². The van der Waals surface area contributed by atoms with E-state index in [1.807, 2.05) is 13.8 Å². The zero-order valence-electron chi connectivity index (χ0n) is 12.5. The molecule has 0 aromatic carbocycles. The molecule has 0 saturated heterocycles. The fourth-order valence-corrected chi connectivity index (χ4v) is 1.61. The third kappa shape index (κ3) is 9.08. The van der Waals surface area contributed by atoms with E-state index in [4.69, 9.17) is 19.8 Å². The van der Waals surface area contributed by atoms with Crippen LogP contribution in [0.2, 0.25) is 0 Å². The van der Waals surface area contributed by atoms with Crippen LogP contribution in [0, 0.1) is 5.92 Å². The van der Waals surface area contributed by atoms with Gasteiger partial charge in [0, 0.05) is 5.92 Å². The first kappa shape index (κ1) is 19.1. The first-order chi connectivity index (χ1) is 9.69. The molecule has 0 aliphatic rings. The molecule has 2 unspecified atom stereocenters. The van der Waals surface area contributed by atoms with Crippen molar-refractivity contribution in [3.05, 3.63) is 0 Å². The number of carbonyl (C=O) groups excluding carboxylic acids is 1. The summed E-state index contributed by atoms with van der Waals surface area (Å²) < 4.78 is 4.82. The molecule has 7 nitrogen and oxygen atoms in total. The van der Waals surface area contributed by atoms with Crippen LogP contribution in [0.3, 0.4) is 0 Å². The smallest absolute Gasteiger partial charge is 0.399 e. The second kappa shape index (κ2) is 13.1. The number of rotatable bonds is 12. The Balaban J connectivity index is 4.25. The van der Waals surface area contributed by atoms with Crippen molar-refractivity contribution in [3.8, 4) is 0 Å². The molecule has 0 aliphatic heterocycles. The zero-order valence-corrected chi connectivity index (χ0v) is 12.5. The predicted molar refractivity (Wildman–Crippen MR) is 70.3 cm³/mol. The van der Waals surface area contributed by atoms with Crippen molar-refractivity contribution in [3.63, 3.8) is 0 Å². The molecule has 0 aromatic rings. The molecule has 20 heavy (non-hydrogen) atoms. The van der Waals surface area contributed by atoms with E-state index in [9.17, 15) is 4.79 Å². The van der Waals surface area contributed by atoms with Crippen LogP contribution in [0.1, 0.15) is 59.3 Å². The molecule has 0 spiro atoms. The molecular weight excluding hydrogens is 268 g/mol. The summed E-state index contributed by atoms with van der Waals surface area (Å²) >= 11 is 0. The molecule has 2 atom stereocenters. The van der Waals surface area contributed by atoms with Crippen molar-refractivity contribution in [2.24, 2.45) is 5.92 Å². The normalized spacial score (nSPS) is 13.8. The van der Waals surface area contributed by atoms with Crippen LogP contribution in [-0.4, -0.2) is 24.3 Å². The lowest BCUT2D eigenvalue weighted by Gasteiger charge is -2.23. The highest BCUT2D eigenvalue weighted by Crippen LogP contribution is 2.21. The van der Waals surface area contributed by atoms with E-state index in [0.29, 0.717) is 6.61 Å². The number of carbonyl (C=O) groups is 1. The van der Waals surface area contributed by atoms with Gasteiger partial charge < -0.3 is 4.74 Å². The van der Waals surface area contributed by atoms with Crippen molar-refractivity contribution in [1.29, 1.82) is 0 Å². The first-order valence-electron chi connectivity index (χ1n) is 7.16. The predicted octanol–water partition coefficient (Wildman–Crippen LogP) is 3.84. The van der Waals surface area contributed by atoms with Crippen LogP contribution in [0.15, 0.2) is 0 Å².